The average Bonchev–Trinajstić information content (AvgIpc) is 2.06. The van der Waals surface area contributed by atoms with Crippen LogP contribution in [0.25, 0.3) is 0 Å². The third-order valence-corrected chi connectivity index (χ3v) is 4.51. The Morgan fingerprint density at radius 2 is 2.00 bits per heavy atom. The van der Waals surface area contributed by atoms with E-state index in [4.69, 9.17) is 10.7 Å². The molecule has 5 nitrogen and oxygen atoms in total. The zero-order valence-corrected chi connectivity index (χ0v) is 12.1. The predicted octanol–water partition coefficient (Wildman–Crippen LogP) is 2.89. The van der Waals surface area contributed by atoms with Crippen LogP contribution >= 0.6 is 49.2 Å². The summed E-state index contributed by atoms with van der Waals surface area (Å²) in [7, 11) is 1.13. The summed E-state index contributed by atoms with van der Waals surface area (Å²) in [5, 5.41) is 10.6. The molecule has 0 aliphatic rings. The Balaban J connectivity index is 3.63. The smallest absolute Gasteiger partial charge is 0.258 e. The van der Waals surface area contributed by atoms with Gasteiger partial charge >= 0.3 is 0 Å². The molecule has 82 valence electrons. The summed E-state index contributed by atoms with van der Waals surface area (Å²) < 4.78 is 22.5. The van der Waals surface area contributed by atoms with Crippen LogP contribution in [-0.2, 0) is 9.05 Å². The fraction of sp³-hybridized carbons (Fsp3) is 0. The van der Waals surface area contributed by atoms with Gasteiger partial charge in [-0.2, -0.15) is 0 Å². The minimum absolute atomic E-state index is 0.136. The average molecular weight is 426 g/mol. The SMILES string of the molecule is O=[N+]([O-])c1cc(I)cc(S(=O)(=O)Cl)c1Br. The van der Waals surface area contributed by atoms with E-state index in [1.807, 2.05) is 0 Å². The molecule has 0 fully saturated rings. The summed E-state index contributed by atoms with van der Waals surface area (Å²) in [5.41, 5.74) is -0.332. The summed E-state index contributed by atoms with van der Waals surface area (Å²) in [5.74, 6) is 0. The zero-order valence-electron chi connectivity index (χ0n) is 6.78. The van der Waals surface area contributed by atoms with Crippen molar-refractivity contribution in [2.45, 2.75) is 4.90 Å². The van der Waals surface area contributed by atoms with Gasteiger partial charge in [0.25, 0.3) is 14.7 Å². The molecule has 1 aromatic rings. The first-order chi connectivity index (χ1) is 6.73. The van der Waals surface area contributed by atoms with Gasteiger partial charge in [-0.05, 0) is 44.6 Å². The number of hydrogen-bond acceptors (Lipinski definition) is 4. The maximum absolute atomic E-state index is 11.1. The summed E-state index contributed by atoms with van der Waals surface area (Å²) in [6.45, 7) is 0. The second kappa shape index (κ2) is 4.52. The zero-order chi connectivity index (χ0) is 11.8. The molecule has 0 aliphatic carbocycles. The van der Waals surface area contributed by atoms with Crippen molar-refractivity contribution >= 4 is 63.9 Å². The predicted molar refractivity (Wildman–Crippen MR) is 66.6 cm³/mol. The Labute approximate surface area is 112 Å². The molecule has 0 saturated carbocycles. The quantitative estimate of drug-likeness (QED) is 0.315. The Hall–Kier alpha value is 0.0700. The number of nitrogens with zero attached hydrogens (tertiary/aromatic N) is 1. The topological polar surface area (TPSA) is 77.3 Å². The monoisotopic (exact) mass is 425 g/mol. The van der Waals surface area contributed by atoms with Crippen molar-refractivity contribution in [1.29, 1.82) is 0 Å². The van der Waals surface area contributed by atoms with Crippen LogP contribution < -0.4 is 0 Å². The van der Waals surface area contributed by atoms with Crippen molar-refractivity contribution in [3.05, 3.63) is 30.3 Å². The van der Waals surface area contributed by atoms with Gasteiger partial charge < -0.3 is 0 Å². The molecular formula is C6H2BrClINO4S. The molecule has 0 aliphatic heterocycles. The van der Waals surface area contributed by atoms with Crippen LogP contribution in [0.5, 0.6) is 0 Å². The molecule has 0 unspecified atom stereocenters. The largest absolute Gasteiger partial charge is 0.285 e. The van der Waals surface area contributed by atoms with E-state index < -0.39 is 14.0 Å². The van der Waals surface area contributed by atoms with Gasteiger partial charge in [-0.15, -0.1) is 0 Å². The molecule has 15 heavy (non-hydrogen) atoms. The summed E-state index contributed by atoms with van der Waals surface area (Å²) in [6, 6.07) is 2.50. The van der Waals surface area contributed by atoms with E-state index in [1.54, 1.807) is 22.6 Å². The highest BCUT2D eigenvalue weighted by Gasteiger charge is 2.23. The Morgan fingerprint density at radius 1 is 1.47 bits per heavy atom. The van der Waals surface area contributed by atoms with Gasteiger partial charge in [-0.25, -0.2) is 8.42 Å². The lowest BCUT2D eigenvalue weighted by atomic mass is 10.3. The second-order valence-electron chi connectivity index (χ2n) is 2.43. The third-order valence-electron chi connectivity index (χ3n) is 1.44. The molecule has 0 saturated heterocycles. The molecule has 0 heterocycles. The van der Waals surface area contributed by atoms with Gasteiger partial charge in [0.05, 0.1) is 4.92 Å². The van der Waals surface area contributed by atoms with Crippen molar-refractivity contribution in [3.8, 4) is 0 Å². The van der Waals surface area contributed by atoms with Crippen LogP contribution in [0.3, 0.4) is 0 Å². The number of benzene rings is 1. The van der Waals surface area contributed by atoms with Crippen molar-refractivity contribution < 1.29 is 13.3 Å². The minimum Gasteiger partial charge on any atom is -0.258 e. The maximum atomic E-state index is 11.1. The van der Waals surface area contributed by atoms with E-state index in [-0.39, 0.29) is 15.1 Å². The van der Waals surface area contributed by atoms with E-state index in [0.29, 0.717) is 3.57 Å². The fourth-order valence-corrected chi connectivity index (χ4v) is 3.92. The van der Waals surface area contributed by atoms with Crippen molar-refractivity contribution in [3.63, 3.8) is 0 Å². The van der Waals surface area contributed by atoms with Gasteiger partial charge in [-0.3, -0.25) is 10.1 Å². The van der Waals surface area contributed by atoms with Gasteiger partial charge in [0.15, 0.2) is 0 Å². The van der Waals surface area contributed by atoms with Crippen molar-refractivity contribution in [2.24, 2.45) is 0 Å². The van der Waals surface area contributed by atoms with E-state index >= 15 is 0 Å². The van der Waals surface area contributed by atoms with Crippen LogP contribution in [0, 0.1) is 13.7 Å². The van der Waals surface area contributed by atoms with Crippen LogP contribution in [0.1, 0.15) is 0 Å². The fourth-order valence-electron chi connectivity index (χ4n) is 0.861. The highest BCUT2D eigenvalue weighted by Crippen LogP contribution is 2.34. The Kier molecular flexibility index (Phi) is 3.95. The molecule has 1 rings (SSSR count). The van der Waals surface area contributed by atoms with Crippen molar-refractivity contribution in [2.75, 3.05) is 0 Å². The standard InChI is InChI=1S/C6H2BrClINO4S/c7-6-4(10(11)12)1-3(9)2-5(6)15(8,13)14/h1-2H. The summed E-state index contributed by atoms with van der Waals surface area (Å²) in [6.07, 6.45) is 0. The van der Waals surface area contributed by atoms with Gasteiger partial charge in [0, 0.05) is 20.3 Å². The second-order valence-corrected chi connectivity index (χ2v) is 7.00. The first-order valence-electron chi connectivity index (χ1n) is 3.31. The lowest BCUT2D eigenvalue weighted by Crippen LogP contribution is -1.98. The van der Waals surface area contributed by atoms with E-state index in [9.17, 15) is 18.5 Å². The number of hydrogen-bond donors (Lipinski definition) is 0. The third kappa shape index (κ3) is 3.02. The molecule has 0 aromatic heterocycles. The number of nitro benzene ring substituents is 1. The van der Waals surface area contributed by atoms with Crippen molar-refractivity contribution in [1.82, 2.24) is 0 Å². The summed E-state index contributed by atoms with van der Waals surface area (Å²) in [4.78, 5) is 9.60. The first kappa shape index (κ1) is 13.1. The molecule has 0 atom stereocenters. The summed E-state index contributed by atoms with van der Waals surface area (Å²) >= 11 is 4.62. The van der Waals surface area contributed by atoms with Crippen LogP contribution in [0.2, 0.25) is 0 Å². The molecule has 0 spiro atoms. The first-order valence-corrected chi connectivity index (χ1v) is 7.49. The van der Waals surface area contributed by atoms with E-state index in [1.165, 1.54) is 12.1 Å². The molecule has 9 heteroatoms. The molecule has 0 radical (unpaired) electrons. The maximum Gasteiger partial charge on any atom is 0.285 e. The minimum atomic E-state index is -4.00. The molecule has 1 aromatic carbocycles. The highest BCUT2D eigenvalue weighted by molar-refractivity contribution is 14.1. The molecule has 0 bridgehead atoms. The van der Waals surface area contributed by atoms with Gasteiger partial charge in [-0.1, -0.05) is 0 Å². The van der Waals surface area contributed by atoms with Gasteiger partial charge in [0.2, 0.25) is 0 Å². The van der Waals surface area contributed by atoms with Crippen LogP contribution in [-0.4, -0.2) is 13.3 Å². The molecule has 0 amide bonds. The molecule has 0 N–H and O–H groups in total. The highest BCUT2D eigenvalue weighted by atomic mass is 127. The van der Waals surface area contributed by atoms with Crippen LogP contribution in [0.4, 0.5) is 5.69 Å². The van der Waals surface area contributed by atoms with Gasteiger partial charge in [0.1, 0.15) is 9.37 Å². The van der Waals surface area contributed by atoms with E-state index in [2.05, 4.69) is 15.9 Å². The lowest BCUT2D eigenvalue weighted by molar-refractivity contribution is -0.386. The Morgan fingerprint density at radius 3 is 2.40 bits per heavy atom. The normalized spacial score (nSPS) is 11.4. The number of halogens is 3. The molecular weight excluding hydrogens is 424 g/mol. The Bertz CT molecular complexity index is 532. The number of nitro groups is 1. The van der Waals surface area contributed by atoms with Crippen LogP contribution in [0.15, 0.2) is 21.5 Å². The van der Waals surface area contributed by atoms with E-state index in [0.717, 1.165) is 0 Å². The lowest BCUT2D eigenvalue weighted by Gasteiger charge is -2.02. The number of rotatable bonds is 2.